The number of fused-ring (bicyclic) bond motifs is 1. The molecule has 2 rings (SSSR count). The van der Waals surface area contributed by atoms with E-state index in [4.69, 9.17) is 5.73 Å². The van der Waals surface area contributed by atoms with E-state index in [0.717, 1.165) is 25.9 Å². The summed E-state index contributed by atoms with van der Waals surface area (Å²) in [4.78, 5) is 2.47. The fraction of sp³-hybridized carbons (Fsp3) is 0.500. The molecule has 1 heterocycles. The second-order valence-corrected chi connectivity index (χ2v) is 4.81. The van der Waals surface area contributed by atoms with Crippen molar-refractivity contribution in [3.8, 4) is 0 Å². The Hall–Kier alpha value is -0.540. The molecule has 1 atom stereocenters. The van der Waals surface area contributed by atoms with Gasteiger partial charge in [-0.05, 0) is 44.0 Å². The van der Waals surface area contributed by atoms with Crippen LogP contribution in [0.25, 0.3) is 0 Å². The first-order valence-electron chi connectivity index (χ1n) is 5.52. The molecule has 0 spiro atoms. The molecular weight excluding hydrogens is 252 g/mol. The molecule has 0 aliphatic carbocycles. The fourth-order valence-electron chi connectivity index (χ4n) is 2.44. The highest BCUT2D eigenvalue weighted by Crippen LogP contribution is 2.37. The third-order valence-corrected chi connectivity index (χ3v) is 3.87. The Bertz CT molecular complexity index is 351. The van der Waals surface area contributed by atoms with Crippen LogP contribution in [-0.4, -0.2) is 19.1 Å². The summed E-state index contributed by atoms with van der Waals surface area (Å²) in [6.07, 6.45) is 2.21. The van der Waals surface area contributed by atoms with Crippen molar-refractivity contribution < 1.29 is 0 Å². The lowest BCUT2D eigenvalue weighted by molar-refractivity contribution is 0.593. The quantitative estimate of drug-likeness (QED) is 0.913. The van der Waals surface area contributed by atoms with E-state index in [0.29, 0.717) is 6.04 Å². The van der Waals surface area contributed by atoms with E-state index < -0.39 is 0 Å². The molecule has 1 aromatic carbocycles. The molecular formula is C12H17BrN2. The van der Waals surface area contributed by atoms with Crippen molar-refractivity contribution >= 4 is 21.6 Å². The Morgan fingerprint density at radius 3 is 3.00 bits per heavy atom. The van der Waals surface area contributed by atoms with Crippen LogP contribution in [0.5, 0.6) is 0 Å². The average molecular weight is 269 g/mol. The number of rotatable bonds is 3. The van der Waals surface area contributed by atoms with Gasteiger partial charge in [0.2, 0.25) is 0 Å². The minimum Gasteiger partial charge on any atom is -0.368 e. The molecule has 15 heavy (non-hydrogen) atoms. The van der Waals surface area contributed by atoms with Crippen molar-refractivity contribution in [3.63, 3.8) is 0 Å². The largest absolute Gasteiger partial charge is 0.368 e. The SMILES string of the molecule is CCN1c2cccc(Br)c2CC1CCN. The lowest BCUT2D eigenvalue weighted by Gasteiger charge is -2.25. The summed E-state index contributed by atoms with van der Waals surface area (Å²) in [6, 6.07) is 7.03. The normalized spacial score (nSPS) is 19.4. The van der Waals surface area contributed by atoms with Gasteiger partial charge in [-0.1, -0.05) is 22.0 Å². The summed E-state index contributed by atoms with van der Waals surface area (Å²) < 4.78 is 1.23. The number of anilines is 1. The standard InChI is InChI=1S/C12H17BrN2/c1-2-15-9(6-7-14)8-10-11(13)4-3-5-12(10)15/h3-5,9H,2,6-8,14H2,1H3. The third kappa shape index (κ3) is 1.91. The first-order chi connectivity index (χ1) is 7.27. The van der Waals surface area contributed by atoms with Gasteiger partial charge in [-0.2, -0.15) is 0 Å². The number of hydrogen-bond donors (Lipinski definition) is 1. The molecule has 0 saturated heterocycles. The second kappa shape index (κ2) is 4.54. The number of likely N-dealkylation sites (N-methyl/N-ethyl adjacent to an activating group) is 1. The van der Waals surface area contributed by atoms with Gasteiger partial charge in [0, 0.05) is 22.7 Å². The fourth-order valence-corrected chi connectivity index (χ4v) is 2.96. The van der Waals surface area contributed by atoms with Crippen LogP contribution in [0.1, 0.15) is 18.9 Å². The minimum absolute atomic E-state index is 0.591. The minimum atomic E-state index is 0.591. The topological polar surface area (TPSA) is 29.3 Å². The monoisotopic (exact) mass is 268 g/mol. The van der Waals surface area contributed by atoms with Crippen LogP contribution in [0.4, 0.5) is 5.69 Å². The number of nitrogens with two attached hydrogens (primary N) is 1. The predicted octanol–water partition coefficient (Wildman–Crippen LogP) is 2.55. The van der Waals surface area contributed by atoms with Gasteiger partial charge < -0.3 is 10.6 Å². The zero-order valence-electron chi connectivity index (χ0n) is 9.04. The molecule has 0 fully saturated rings. The first kappa shape index (κ1) is 11.0. The Balaban J connectivity index is 2.32. The molecule has 0 aromatic heterocycles. The molecule has 1 aromatic rings. The lowest BCUT2D eigenvalue weighted by Crippen LogP contribution is -2.33. The van der Waals surface area contributed by atoms with Crippen LogP contribution < -0.4 is 10.6 Å². The van der Waals surface area contributed by atoms with E-state index in [2.05, 4.69) is 46.0 Å². The maximum atomic E-state index is 5.66. The maximum absolute atomic E-state index is 5.66. The van der Waals surface area contributed by atoms with Gasteiger partial charge in [0.15, 0.2) is 0 Å². The summed E-state index contributed by atoms with van der Waals surface area (Å²) in [5.74, 6) is 0. The molecule has 2 nitrogen and oxygen atoms in total. The highest BCUT2D eigenvalue weighted by atomic mass is 79.9. The van der Waals surface area contributed by atoms with Gasteiger partial charge in [0.05, 0.1) is 0 Å². The van der Waals surface area contributed by atoms with Crippen LogP contribution in [-0.2, 0) is 6.42 Å². The number of benzene rings is 1. The highest BCUT2D eigenvalue weighted by molar-refractivity contribution is 9.10. The number of halogens is 1. The Morgan fingerprint density at radius 1 is 1.53 bits per heavy atom. The molecule has 0 radical (unpaired) electrons. The Labute approximate surface area is 99.6 Å². The summed E-state index contributed by atoms with van der Waals surface area (Å²) >= 11 is 3.62. The van der Waals surface area contributed by atoms with Crippen molar-refractivity contribution in [3.05, 3.63) is 28.2 Å². The van der Waals surface area contributed by atoms with E-state index in [9.17, 15) is 0 Å². The van der Waals surface area contributed by atoms with Gasteiger partial charge in [0.25, 0.3) is 0 Å². The highest BCUT2D eigenvalue weighted by Gasteiger charge is 2.28. The molecule has 82 valence electrons. The van der Waals surface area contributed by atoms with Gasteiger partial charge >= 0.3 is 0 Å². The van der Waals surface area contributed by atoms with Crippen molar-refractivity contribution in [2.24, 2.45) is 5.73 Å². The van der Waals surface area contributed by atoms with Gasteiger partial charge in [-0.15, -0.1) is 0 Å². The molecule has 3 heteroatoms. The van der Waals surface area contributed by atoms with Gasteiger partial charge in [0.1, 0.15) is 0 Å². The van der Waals surface area contributed by atoms with Crippen LogP contribution in [0.2, 0.25) is 0 Å². The summed E-state index contributed by atoms with van der Waals surface area (Å²) in [5, 5.41) is 0. The molecule has 0 bridgehead atoms. The lowest BCUT2D eigenvalue weighted by atomic mass is 10.1. The van der Waals surface area contributed by atoms with Gasteiger partial charge in [-0.25, -0.2) is 0 Å². The van der Waals surface area contributed by atoms with E-state index in [-0.39, 0.29) is 0 Å². The van der Waals surface area contributed by atoms with Gasteiger partial charge in [-0.3, -0.25) is 0 Å². The van der Waals surface area contributed by atoms with Crippen molar-refractivity contribution in [1.29, 1.82) is 0 Å². The molecule has 2 N–H and O–H groups in total. The molecule has 0 amide bonds. The second-order valence-electron chi connectivity index (χ2n) is 3.96. The molecule has 1 aliphatic rings. The van der Waals surface area contributed by atoms with Crippen LogP contribution >= 0.6 is 15.9 Å². The molecule has 1 unspecified atom stereocenters. The van der Waals surface area contributed by atoms with E-state index in [1.807, 2.05) is 0 Å². The van der Waals surface area contributed by atoms with E-state index >= 15 is 0 Å². The zero-order chi connectivity index (χ0) is 10.8. The average Bonchev–Trinajstić information content (AvgIpc) is 2.58. The van der Waals surface area contributed by atoms with Crippen LogP contribution in [0.3, 0.4) is 0 Å². The number of nitrogens with zero attached hydrogens (tertiary/aromatic N) is 1. The summed E-state index contributed by atoms with van der Waals surface area (Å²) in [5.41, 5.74) is 8.48. The predicted molar refractivity (Wildman–Crippen MR) is 68.3 cm³/mol. The smallest absolute Gasteiger partial charge is 0.0413 e. The summed E-state index contributed by atoms with van der Waals surface area (Å²) in [7, 11) is 0. The maximum Gasteiger partial charge on any atom is 0.0413 e. The molecule has 1 aliphatic heterocycles. The Kier molecular flexibility index (Phi) is 3.32. The van der Waals surface area contributed by atoms with Crippen molar-refractivity contribution in [1.82, 2.24) is 0 Å². The number of hydrogen-bond acceptors (Lipinski definition) is 2. The van der Waals surface area contributed by atoms with Crippen molar-refractivity contribution in [2.75, 3.05) is 18.0 Å². The zero-order valence-corrected chi connectivity index (χ0v) is 10.6. The first-order valence-corrected chi connectivity index (χ1v) is 6.31. The van der Waals surface area contributed by atoms with Crippen LogP contribution in [0.15, 0.2) is 22.7 Å². The van der Waals surface area contributed by atoms with E-state index in [1.165, 1.54) is 15.7 Å². The molecule has 0 saturated carbocycles. The van der Waals surface area contributed by atoms with E-state index in [1.54, 1.807) is 0 Å². The van der Waals surface area contributed by atoms with Crippen LogP contribution in [0, 0.1) is 0 Å². The summed E-state index contributed by atoms with van der Waals surface area (Å²) in [6.45, 7) is 4.04. The third-order valence-electron chi connectivity index (χ3n) is 3.12. The Morgan fingerprint density at radius 2 is 2.33 bits per heavy atom. The van der Waals surface area contributed by atoms with Crippen molar-refractivity contribution in [2.45, 2.75) is 25.8 Å².